The molecule has 0 bridgehead atoms. The zero-order valence-corrected chi connectivity index (χ0v) is 13.6. The topological polar surface area (TPSA) is 101 Å². The van der Waals surface area contributed by atoms with E-state index in [1.807, 2.05) is 0 Å². The molecule has 128 valence electrons. The van der Waals surface area contributed by atoms with Crippen molar-refractivity contribution in [1.29, 1.82) is 0 Å². The highest BCUT2D eigenvalue weighted by Gasteiger charge is 2.23. The van der Waals surface area contributed by atoms with Crippen molar-refractivity contribution < 1.29 is 14.5 Å². The third kappa shape index (κ3) is 4.00. The van der Waals surface area contributed by atoms with E-state index in [-0.39, 0.29) is 17.6 Å². The van der Waals surface area contributed by atoms with E-state index in [0.29, 0.717) is 22.4 Å². The zero-order valence-electron chi connectivity index (χ0n) is 13.6. The van der Waals surface area contributed by atoms with Gasteiger partial charge in [0.2, 0.25) is 0 Å². The molecular weight excluding hydrogens is 322 g/mol. The lowest BCUT2D eigenvalue weighted by atomic mass is 10.1. The second-order valence-electron chi connectivity index (χ2n) is 6.04. The highest BCUT2D eigenvalue weighted by molar-refractivity contribution is 6.05. The first kappa shape index (κ1) is 16.6. The predicted octanol–water partition coefficient (Wildman–Crippen LogP) is 3.05. The van der Waals surface area contributed by atoms with Crippen LogP contribution in [0.25, 0.3) is 0 Å². The van der Waals surface area contributed by atoms with Gasteiger partial charge < -0.3 is 10.6 Å². The summed E-state index contributed by atoms with van der Waals surface area (Å²) in [7, 11) is 0. The van der Waals surface area contributed by atoms with Crippen LogP contribution in [0.3, 0.4) is 0 Å². The second-order valence-corrected chi connectivity index (χ2v) is 6.04. The molecule has 3 rings (SSSR count). The van der Waals surface area contributed by atoms with Crippen molar-refractivity contribution in [3.8, 4) is 0 Å². The van der Waals surface area contributed by atoms with Crippen LogP contribution in [-0.4, -0.2) is 22.8 Å². The summed E-state index contributed by atoms with van der Waals surface area (Å²) in [6, 6.07) is 11.1. The molecule has 0 unspecified atom stereocenters. The number of nitrogens with one attached hydrogen (secondary N) is 2. The van der Waals surface area contributed by atoms with Crippen molar-refractivity contribution in [3.05, 3.63) is 69.3 Å². The Morgan fingerprint density at radius 3 is 2.44 bits per heavy atom. The van der Waals surface area contributed by atoms with Gasteiger partial charge in [0.05, 0.1) is 4.92 Å². The molecule has 1 saturated carbocycles. The van der Waals surface area contributed by atoms with E-state index in [9.17, 15) is 19.7 Å². The number of carbonyl (C=O) groups is 2. The average molecular weight is 339 g/mol. The summed E-state index contributed by atoms with van der Waals surface area (Å²) in [5.41, 5.74) is 1.66. The van der Waals surface area contributed by atoms with E-state index in [1.165, 1.54) is 18.2 Å². The maximum atomic E-state index is 12.3. The monoisotopic (exact) mass is 339 g/mol. The van der Waals surface area contributed by atoms with E-state index >= 15 is 0 Å². The number of nitro groups is 1. The van der Waals surface area contributed by atoms with Crippen molar-refractivity contribution in [2.75, 3.05) is 5.32 Å². The molecule has 0 heterocycles. The highest BCUT2D eigenvalue weighted by atomic mass is 16.6. The van der Waals surface area contributed by atoms with Crippen molar-refractivity contribution in [3.63, 3.8) is 0 Å². The first-order valence-corrected chi connectivity index (χ1v) is 7.91. The third-order valence-electron chi connectivity index (χ3n) is 3.95. The van der Waals surface area contributed by atoms with Gasteiger partial charge in [-0.25, -0.2) is 0 Å². The first-order chi connectivity index (χ1) is 11.9. The number of nitrogens with zero attached hydrogens (tertiary/aromatic N) is 1. The molecule has 7 nitrogen and oxygen atoms in total. The number of amides is 2. The normalized spacial score (nSPS) is 13.2. The maximum Gasteiger partial charge on any atom is 0.272 e. The number of anilines is 1. The van der Waals surface area contributed by atoms with Crippen LogP contribution in [0.4, 0.5) is 11.4 Å². The summed E-state index contributed by atoms with van der Waals surface area (Å²) in [5, 5.41) is 16.4. The number of hydrogen-bond donors (Lipinski definition) is 2. The van der Waals surface area contributed by atoms with E-state index < -0.39 is 10.8 Å². The van der Waals surface area contributed by atoms with Gasteiger partial charge in [-0.3, -0.25) is 19.7 Å². The Bertz CT molecular complexity index is 859. The predicted molar refractivity (Wildman–Crippen MR) is 92.7 cm³/mol. The maximum absolute atomic E-state index is 12.3. The van der Waals surface area contributed by atoms with Gasteiger partial charge in [0.25, 0.3) is 17.5 Å². The molecular formula is C18H17N3O4. The van der Waals surface area contributed by atoms with Crippen molar-refractivity contribution >= 4 is 23.2 Å². The van der Waals surface area contributed by atoms with Crippen LogP contribution < -0.4 is 10.6 Å². The second kappa shape index (κ2) is 6.72. The standard InChI is InChI=1S/C18H17N3O4/c1-11-9-13(5-8-16(11)21(24)25)18(23)20-15-4-2-3-12(10-15)17(22)19-14-6-7-14/h2-5,8-10,14H,6-7H2,1H3,(H,19,22)(H,20,23). The molecule has 2 aromatic carbocycles. The van der Waals surface area contributed by atoms with Gasteiger partial charge in [0.1, 0.15) is 0 Å². The summed E-state index contributed by atoms with van der Waals surface area (Å²) in [4.78, 5) is 34.8. The quantitative estimate of drug-likeness (QED) is 0.645. The highest BCUT2D eigenvalue weighted by Crippen LogP contribution is 2.21. The number of nitro benzene ring substituents is 1. The van der Waals surface area contributed by atoms with Gasteiger partial charge in [-0.05, 0) is 50.1 Å². The van der Waals surface area contributed by atoms with Crippen LogP contribution in [-0.2, 0) is 0 Å². The van der Waals surface area contributed by atoms with Gasteiger partial charge in [-0.1, -0.05) is 6.07 Å². The number of benzene rings is 2. The average Bonchev–Trinajstić information content (AvgIpc) is 3.38. The van der Waals surface area contributed by atoms with Crippen LogP contribution in [0.1, 0.15) is 39.1 Å². The molecule has 0 atom stereocenters. The Labute approximate surface area is 144 Å². The Morgan fingerprint density at radius 1 is 1.08 bits per heavy atom. The number of rotatable bonds is 5. The Balaban J connectivity index is 1.73. The molecule has 0 radical (unpaired) electrons. The van der Waals surface area contributed by atoms with Gasteiger partial charge >= 0.3 is 0 Å². The van der Waals surface area contributed by atoms with Gasteiger partial charge in [0, 0.05) is 34.5 Å². The lowest BCUT2D eigenvalue weighted by Crippen LogP contribution is -2.25. The minimum absolute atomic E-state index is 0.0321. The van der Waals surface area contributed by atoms with Crippen molar-refractivity contribution in [1.82, 2.24) is 5.32 Å². The first-order valence-electron chi connectivity index (χ1n) is 7.91. The summed E-state index contributed by atoms with van der Waals surface area (Å²) < 4.78 is 0. The zero-order chi connectivity index (χ0) is 18.0. The van der Waals surface area contributed by atoms with E-state index in [2.05, 4.69) is 10.6 Å². The summed E-state index contributed by atoms with van der Waals surface area (Å²) in [5.74, 6) is -0.553. The smallest absolute Gasteiger partial charge is 0.272 e. The van der Waals surface area contributed by atoms with E-state index in [4.69, 9.17) is 0 Å². The van der Waals surface area contributed by atoms with Crippen LogP contribution in [0.5, 0.6) is 0 Å². The molecule has 25 heavy (non-hydrogen) atoms. The fraction of sp³-hybridized carbons (Fsp3) is 0.222. The van der Waals surface area contributed by atoms with Gasteiger partial charge in [-0.2, -0.15) is 0 Å². The van der Waals surface area contributed by atoms with Crippen molar-refractivity contribution in [2.24, 2.45) is 0 Å². The third-order valence-corrected chi connectivity index (χ3v) is 3.95. The van der Waals surface area contributed by atoms with Crippen LogP contribution in [0.2, 0.25) is 0 Å². The SMILES string of the molecule is Cc1cc(C(=O)Nc2cccc(C(=O)NC3CC3)c2)ccc1[N+](=O)[O-]. The fourth-order valence-electron chi connectivity index (χ4n) is 2.44. The Hall–Kier alpha value is -3.22. The number of carbonyl (C=O) groups excluding carboxylic acids is 2. The molecule has 2 N–H and O–H groups in total. The summed E-state index contributed by atoms with van der Waals surface area (Å²) in [6.45, 7) is 1.58. The molecule has 2 amide bonds. The van der Waals surface area contributed by atoms with Crippen molar-refractivity contribution in [2.45, 2.75) is 25.8 Å². The molecule has 1 aliphatic rings. The van der Waals surface area contributed by atoms with Crippen LogP contribution >= 0.6 is 0 Å². The summed E-state index contributed by atoms with van der Waals surface area (Å²) >= 11 is 0. The molecule has 1 fully saturated rings. The largest absolute Gasteiger partial charge is 0.349 e. The number of hydrogen-bond acceptors (Lipinski definition) is 4. The lowest BCUT2D eigenvalue weighted by molar-refractivity contribution is -0.385. The fourth-order valence-corrected chi connectivity index (χ4v) is 2.44. The Kier molecular flexibility index (Phi) is 4.47. The van der Waals surface area contributed by atoms with E-state index in [1.54, 1.807) is 31.2 Å². The molecule has 0 spiro atoms. The molecule has 0 saturated heterocycles. The molecule has 7 heteroatoms. The molecule has 2 aromatic rings. The van der Waals surface area contributed by atoms with Gasteiger partial charge in [0.15, 0.2) is 0 Å². The molecule has 0 aromatic heterocycles. The molecule has 0 aliphatic heterocycles. The van der Waals surface area contributed by atoms with Gasteiger partial charge in [-0.15, -0.1) is 0 Å². The van der Waals surface area contributed by atoms with Crippen LogP contribution in [0.15, 0.2) is 42.5 Å². The van der Waals surface area contributed by atoms with Crippen LogP contribution in [0, 0.1) is 17.0 Å². The number of aryl methyl sites for hydroxylation is 1. The minimum atomic E-state index is -0.487. The van der Waals surface area contributed by atoms with E-state index in [0.717, 1.165) is 12.8 Å². The molecule has 1 aliphatic carbocycles. The lowest BCUT2D eigenvalue weighted by Gasteiger charge is -2.08. The minimum Gasteiger partial charge on any atom is -0.349 e. The summed E-state index contributed by atoms with van der Waals surface area (Å²) in [6.07, 6.45) is 2.00. The Morgan fingerprint density at radius 2 is 1.80 bits per heavy atom.